The molecule has 0 saturated heterocycles. The molecule has 0 spiro atoms. The predicted octanol–water partition coefficient (Wildman–Crippen LogP) is 3.39. The lowest BCUT2D eigenvalue weighted by molar-refractivity contribution is 0.521. The summed E-state index contributed by atoms with van der Waals surface area (Å²) in [6, 6.07) is 1.71. The average Bonchev–Trinajstić information content (AvgIpc) is 3.00. The van der Waals surface area contributed by atoms with Crippen LogP contribution < -0.4 is 5.32 Å². The van der Waals surface area contributed by atoms with E-state index in [1.54, 1.807) is 6.07 Å². The fourth-order valence-corrected chi connectivity index (χ4v) is 1.90. The molecule has 0 unspecified atom stereocenters. The zero-order chi connectivity index (χ0) is 10.9. The van der Waals surface area contributed by atoms with E-state index in [2.05, 4.69) is 22.4 Å². The normalized spacial score (nSPS) is 17.5. The number of anilines is 1. The van der Waals surface area contributed by atoms with Crippen LogP contribution >= 0.6 is 23.2 Å². The summed E-state index contributed by atoms with van der Waals surface area (Å²) in [6.07, 6.45) is 3.78. The van der Waals surface area contributed by atoms with Crippen molar-refractivity contribution in [1.29, 1.82) is 0 Å². The van der Waals surface area contributed by atoms with Crippen LogP contribution in [0.3, 0.4) is 0 Å². The number of aromatic nitrogens is 2. The first-order valence-corrected chi connectivity index (χ1v) is 5.83. The quantitative estimate of drug-likeness (QED) is 0.884. The van der Waals surface area contributed by atoms with Gasteiger partial charge in [0, 0.05) is 12.6 Å². The van der Waals surface area contributed by atoms with Gasteiger partial charge in [0.1, 0.15) is 0 Å². The second kappa shape index (κ2) is 4.14. The van der Waals surface area contributed by atoms with Crippen molar-refractivity contribution in [2.75, 3.05) is 11.9 Å². The fourth-order valence-electron chi connectivity index (χ4n) is 1.59. The Kier molecular flexibility index (Phi) is 3.03. The average molecular weight is 246 g/mol. The van der Waals surface area contributed by atoms with Crippen molar-refractivity contribution < 1.29 is 0 Å². The van der Waals surface area contributed by atoms with Gasteiger partial charge in [-0.1, -0.05) is 30.1 Å². The van der Waals surface area contributed by atoms with Gasteiger partial charge in [0.15, 0.2) is 10.3 Å². The van der Waals surface area contributed by atoms with E-state index in [4.69, 9.17) is 23.2 Å². The van der Waals surface area contributed by atoms with Gasteiger partial charge >= 0.3 is 0 Å². The van der Waals surface area contributed by atoms with E-state index < -0.39 is 0 Å². The van der Waals surface area contributed by atoms with Gasteiger partial charge in [-0.25, -0.2) is 0 Å². The monoisotopic (exact) mass is 245 g/mol. The molecular weight excluding hydrogens is 233 g/mol. The Morgan fingerprint density at radius 3 is 2.73 bits per heavy atom. The summed E-state index contributed by atoms with van der Waals surface area (Å²) in [6.45, 7) is 3.15. The van der Waals surface area contributed by atoms with Crippen LogP contribution in [0, 0.1) is 5.41 Å². The number of hydrogen-bond acceptors (Lipinski definition) is 3. The summed E-state index contributed by atoms with van der Waals surface area (Å²) >= 11 is 11.6. The van der Waals surface area contributed by atoms with Crippen LogP contribution in [0.25, 0.3) is 0 Å². The molecule has 0 aliphatic heterocycles. The van der Waals surface area contributed by atoms with Crippen molar-refractivity contribution in [3.8, 4) is 0 Å². The molecule has 1 aromatic rings. The van der Waals surface area contributed by atoms with Crippen LogP contribution in [0.15, 0.2) is 6.07 Å². The van der Waals surface area contributed by atoms with Crippen molar-refractivity contribution in [2.24, 2.45) is 5.41 Å². The molecule has 5 heteroatoms. The van der Waals surface area contributed by atoms with E-state index in [0.717, 1.165) is 12.2 Å². The molecule has 0 amide bonds. The van der Waals surface area contributed by atoms with Crippen LogP contribution in [0.5, 0.6) is 0 Å². The molecule has 3 nitrogen and oxygen atoms in total. The summed E-state index contributed by atoms with van der Waals surface area (Å²) < 4.78 is 0. The minimum absolute atomic E-state index is 0.364. The highest BCUT2D eigenvalue weighted by Gasteiger charge is 2.40. The summed E-state index contributed by atoms with van der Waals surface area (Å²) in [7, 11) is 0. The molecular formula is C10H13Cl2N3. The number of nitrogens with one attached hydrogen (secondary N) is 1. The molecule has 0 aromatic carbocycles. The topological polar surface area (TPSA) is 37.8 Å². The Labute approximate surface area is 99.2 Å². The van der Waals surface area contributed by atoms with E-state index in [1.807, 2.05) is 0 Å². The van der Waals surface area contributed by atoms with Crippen molar-refractivity contribution >= 4 is 28.9 Å². The van der Waals surface area contributed by atoms with Crippen LogP contribution in [-0.4, -0.2) is 16.7 Å². The summed E-state index contributed by atoms with van der Waals surface area (Å²) in [5.74, 6) is 0. The summed E-state index contributed by atoms with van der Waals surface area (Å²) in [4.78, 5) is 0. The van der Waals surface area contributed by atoms with E-state index in [-0.39, 0.29) is 0 Å². The first-order valence-electron chi connectivity index (χ1n) is 5.08. The second-order valence-electron chi connectivity index (χ2n) is 4.08. The van der Waals surface area contributed by atoms with Gasteiger partial charge in [0.05, 0.1) is 5.69 Å². The molecule has 0 atom stereocenters. The number of halogens is 2. The zero-order valence-electron chi connectivity index (χ0n) is 8.56. The molecule has 0 bridgehead atoms. The second-order valence-corrected chi connectivity index (χ2v) is 4.82. The number of nitrogens with zero attached hydrogens (tertiary/aromatic N) is 2. The third-order valence-corrected chi connectivity index (χ3v) is 3.54. The van der Waals surface area contributed by atoms with Crippen LogP contribution in [0.2, 0.25) is 10.3 Å². The lowest BCUT2D eigenvalue weighted by Crippen LogP contribution is -2.14. The van der Waals surface area contributed by atoms with Gasteiger partial charge < -0.3 is 5.32 Å². The highest BCUT2D eigenvalue weighted by Crippen LogP contribution is 2.48. The largest absolute Gasteiger partial charge is 0.382 e. The number of rotatable bonds is 4. The van der Waals surface area contributed by atoms with Gasteiger partial charge in [-0.15, -0.1) is 10.2 Å². The van der Waals surface area contributed by atoms with Crippen LogP contribution in [0.4, 0.5) is 5.69 Å². The molecule has 1 fully saturated rings. The Morgan fingerprint density at radius 1 is 1.40 bits per heavy atom. The highest BCUT2D eigenvalue weighted by molar-refractivity contribution is 6.33. The van der Waals surface area contributed by atoms with Gasteiger partial charge in [-0.05, 0) is 24.7 Å². The van der Waals surface area contributed by atoms with Gasteiger partial charge in [0.25, 0.3) is 0 Å². The summed E-state index contributed by atoms with van der Waals surface area (Å²) in [5.41, 5.74) is 1.25. The Balaban J connectivity index is 2.01. The zero-order valence-corrected chi connectivity index (χ0v) is 10.1. The van der Waals surface area contributed by atoms with Crippen LogP contribution in [0.1, 0.15) is 26.2 Å². The molecule has 1 aromatic heterocycles. The number of hydrogen-bond donors (Lipinski definition) is 1. The Bertz CT molecular complexity index is 364. The smallest absolute Gasteiger partial charge is 0.174 e. The fraction of sp³-hybridized carbons (Fsp3) is 0.600. The third-order valence-electron chi connectivity index (χ3n) is 3.08. The molecule has 0 radical (unpaired) electrons. The SMILES string of the molecule is CCC1(CNc2cc(Cl)nnc2Cl)CC1. The maximum Gasteiger partial charge on any atom is 0.174 e. The maximum absolute atomic E-state index is 5.89. The lowest BCUT2D eigenvalue weighted by Gasteiger charge is -2.14. The van der Waals surface area contributed by atoms with Crippen molar-refractivity contribution in [1.82, 2.24) is 10.2 Å². The first kappa shape index (κ1) is 11.0. The van der Waals surface area contributed by atoms with Crippen molar-refractivity contribution in [3.05, 3.63) is 16.4 Å². The van der Waals surface area contributed by atoms with Gasteiger partial charge in [-0.2, -0.15) is 0 Å². The Hall–Kier alpha value is -0.540. The van der Waals surface area contributed by atoms with Gasteiger partial charge in [-0.3, -0.25) is 0 Å². The molecule has 1 N–H and O–H groups in total. The van der Waals surface area contributed by atoms with Crippen molar-refractivity contribution in [2.45, 2.75) is 26.2 Å². The molecule has 1 heterocycles. The van der Waals surface area contributed by atoms with Crippen molar-refractivity contribution in [3.63, 3.8) is 0 Å². The van der Waals surface area contributed by atoms with E-state index in [1.165, 1.54) is 19.3 Å². The highest BCUT2D eigenvalue weighted by atomic mass is 35.5. The van der Waals surface area contributed by atoms with Gasteiger partial charge in [0.2, 0.25) is 0 Å². The van der Waals surface area contributed by atoms with E-state index in [0.29, 0.717) is 15.7 Å². The molecule has 1 aliphatic carbocycles. The third kappa shape index (κ3) is 2.52. The minimum atomic E-state index is 0.364. The molecule has 82 valence electrons. The van der Waals surface area contributed by atoms with E-state index >= 15 is 0 Å². The minimum Gasteiger partial charge on any atom is -0.382 e. The summed E-state index contributed by atoms with van der Waals surface area (Å²) in [5, 5.41) is 11.4. The molecule has 2 rings (SSSR count). The predicted molar refractivity (Wildman–Crippen MR) is 62.5 cm³/mol. The standard InChI is InChI=1S/C10H13Cl2N3/c1-2-10(3-4-10)6-13-7-5-8(11)14-15-9(7)12/h5H,2-4,6H2,1H3,(H,13,14). The molecule has 15 heavy (non-hydrogen) atoms. The first-order chi connectivity index (χ1) is 7.15. The molecule has 1 aliphatic rings. The maximum atomic E-state index is 5.89. The lowest BCUT2D eigenvalue weighted by atomic mass is 10.0. The van der Waals surface area contributed by atoms with Crippen LogP contribution in [-0.2, 0) is 0 Å². The van der Waals surface area contributed by atoms with E-state index in [9.17, 15) is 0 Å². The molecule has 1 saturated carbocycles. The Morgan fingerprint density at radius 2 is 2.13 bits per heavy atom.